The number of rotatable bonds is 1. The van der Waals surface area contributed by atoms with E-state index >= 15 is 0 Å². The molecular weight excluding hydrogens is 154 g/mol. The van der Waals surface area contributed by atoms with Gasteiger partial charge in [-0.3, -0.25) is 9.93 Å². The number of nitrogens with one attached hydrogen (secondary N) is 1. The van der Waals surface area contributed by atoms with Gasteiger partial charge in [0.25, 0.3) is 0 Å². The highest BCUT2D eigenvalue weighted by Gasteiger charge is 2.24. The van der Waals surface area contributed by atoms with Crippen LogP contribution in [0.2, 0.25) is 0 Å². The molecule has 10 heavy (non-hydrogen) atoms. The lowest BCUT2D eigenvalue weighted by molar-refractivity contribution is -0.124. The Balaban J connectivity index is 2.62. The van der Waals surface area contributed by atoms with E-state index in [0.717, 1.165) is 4.31 Å². The van der Waals surface area contributed by atoms with Gasteiger partial charge in [0, 0.05) is 25.1 Å². The van der Waals surface area contributed by atoms with Crippen LogP contribution in [0, 0.1) is 0 Å². The van der Waals surface area contributed by atoms with Crippen LogP contribution in [0.25, 0.3) is 0 Å². The van der Waals surface area contributed by atoms with Gasteiger partial charge in [-0.25, -0.2) is 4.79 Å². The molecule has 1 aliphatic rings. The van der Waals surface area contributed by atoms with E-state index in [1.54, 1.807) is 0 Å². The first-order chi connectivity index (χ1) is 4.75. The third kappa shape index (κ3) is 1.22. The highest BCUT2D eigenvalue weighted by atomic mass is 32.2. The molecule has 5 nitrogen and oxygen atoms in total. The van der Waals surface area contributed by atoms with Crippen LogP contribution in [0.3, 0.4) is 0 Å². The van der Waals surface area contributed by atoms with Crippen molar-refractivity contribution in [2.45, 2.75) is 6.42 Å². The molecule has 0 saturated carbocycles. The molecule has 0 bridgehead atoms. The normalized spacial score (nSPS) is 19.1. The first-order valence-electron chi connectivity index (χ1n) is 2.73. The Bertz CT molecular complexity index is 156. The molecule has 1 heterocycles. The molecule has 0 radical (unpaired) electrons. The van der Waals surface area contributed by atoms with Crippen molar-refractivity contribution in [2.24, 2.45) is 5.14 Å². The van der Waals surface area contributed by atoms with Gasteiger partial charge in [-0.15, -0.1) is 0 Å². The first kappa shape index (κ1) is 7.36. The van der Waals surface area contributed by atoms with E-state index in [1.165, 1.54) is 0 Å². The lowest BCUT2D eigenvalue weighted by atomic mass is 10.3. The number of hydrogen-bond donors (Lipinski definition) is 2. The monoisotopic (exact) mass is 161 g/mol. The van der Waals surface area contributed by atoms with Crippen LogP contribution < -0.4 is 10.5 Å². The van der Waals surface area contributed by atoms with E-state index in [-0.39, 0.29) is 5.91 Å². The summed E-state index contributed by atoms with van der Waals surface area (Å²) in [6, 6.07) is -0.427. The Hall–Kier alpha value is -0.750. The first-order valence-corrected chi connectivity index (χ1v) is 3.57. The van der Waals surface area contributed by atoms with Gasteiger partial charge < -0.3 is 5.32 Å². The van der Waals surface area contributed by atoms with Crippen LogP contribution in [0.4, 0.5) is 4.79 Å². The van der Waals surface area contributed by atoms with Crippen molar-refractivity contribution in [1.29, 1.82) is 0 Å². The maximum atomic E-state index is 10.8. The molecule has 0 aromatic rings. The minimum atomic E-state index is -0.427. The average molecular weight is 161 g/mol. The van der Waals surface area contributed by atoms with Crippen LogP contribution in [0.1, 0.15) is 6.42 Å². The number of nitrogens with two attached hydrogens (primary N) is 1. The lowest BCUT2D eigenvalue weighted by Gasteiger charge is -2.21. The fraction of sp³-hybridized carbons (Fsp3) is 0.500. The van der Waals surface area contributed by atoms with Crippen molar-refractivity contribution in [3.05, 3.63) is 0 Å². The molecule has 3 N–H and O–H groups in total. The van der Waals surface area contributed by atoms with Gasteiger partial charge in [0.1, 0.15) is 0 Å². The Morgan fingerprint density at radius 1 is 1.60 bits per heavy atom. The van der Waals surface area contributed by atoms with Crippen molar-refractivity contribution >= 4 is 24.1 Å². The molecule has 1 rings (SSSR count). The van der Waals surface area contributed by atoms with Gasteiger partial charge >= 0.3 is 6.03 Å². The number of carbonyl (C=O) groups excluding carboxylic acids is 2. The number of nitrogens with zero attached hydrogens (tertiary/aromatic N) is 1. The molecule has 0 aliphatic carbocycles. The van der Waals surface area contributed by atoms with Crippen LogP contribution >= 0.6 is 12.1 Å². The third-order valence-electron chi connectivity index (χ3n) is 1.13. The summed E-state index contributed by atoms with van der Waals surface area (Å²) in [7, 11) is 0. The SMILES string of the molecule is NSN1C(=O)CCNC1=O. The van der Waals surface area contributed by atoms with Gasteiger partial charge in [-0.05, 0) is 0 Å². The minimum Gasteiger partial charge on any atom is -0.336 e. The van der Waals surface area contributed by atoms with Gasteiger partial charge in [-0.2, -0.15) is 4.31 Å². The smallest absolute Gasteiger partial charge is 0.335 e. The van der Waals surface area contributed by atoms with E-state index in [9.17, 15) is 9.59 Å². The molecule has 0 spiro atoms. The topological polar surface area (TPSA) is 75.4 Å². The highest BCUT2D eigenvalue weighted by Crippen LogP contribution is 2.07. The van der Waals surface area contributed by atoms with Crippen molar-refractivity contribution in [3.63, 3.8) is 0 Å². The quantitative estimate of drug-likeness (QED) is 0.506. The van der Waals surface area contributed by atoms with Crippen molar-refractivity contribution < 1.29 is 9.59 Å². The predicted molar refractivity (Wildman–Crippen MR) is 36.6 cm³/mol. The molecule has 56 valence electrons. The van der Waals surface area contributed by atoms with E-state index in [0.29, 0.717) is 25.1 Å². The zero-order valence-corrected chi connectivity index (χ0v) is 5.98. The van der Waals surface area contributed by atoms with Crippen LogP contribution in [0.5, 0.6) is 0 Å². The van der Waals surface area contributed by atoms with Gasteiger partial charge in [0.15, 0.2) is 0 Å². The Morgan fingerprint density at radius 2 is 2.30 bits per heavy atom. The number of imide groups is 1. The van der Waals surface area contributed by atoms with Crippen molar-refractivity contribution in [1.82, 2.24) is 9.62 Å². The van der Waals surface area contributed by atoms with E-state index < -0.39 is 6.03 Å². The summed E-state index contributed by atoms with van der Waals surface area (Å²) in [4.78, 5) is 21.5. The number of hydrogen-bond acceptors (Lipinski definition) is 4. The molecule has 3 amide bonds. The van der Waals surface area contributed by atoms with Crippen molar-refractivity contribution in [2.75, 3.05) is 6.54 Å². The summed E-state index contributed by atoms with van der Waals surface area (Å²) < 4.78 is 0.906. The minimum absolute atomic E-state index is 0.240. The number of urea groups is 1. The average Bonchev–Trinajstić information content (AvgIpc) is 1.88. The third-order valence-corrected chi connectivity index (χ3v) is 1.71. The van der Waals surface area contributed by atoms with Gasteiger partial charge in [0.2, 0.25) is 5.91 Å². The largest absolute Gasteiger partial charge is 0.336 e. The molecule has 1 saturated heterocycles. The maximum absolute atomic E-state index is 10.8. The highest BCUT2D eigenvalue weighted by molar-refractivity contribution is 7.95. The molecule has 0 atom stereocenters. The van der Waals surface area contributed by atoms with E-state index in [2.05, 4.69) is 5.32 Å². The van der Waals surface area contributed by atoms with Crippen molar-refractivity contribution in [3.8, 4) is 0 Å². The second-order valence-corrected chi connectivity index (χ2v) is 2.35. The second kappa shape index (κ2) is 2.89. The summed E-state index contributed by atoms with van der Waals surface area (Å²) in [5.74, 6) is -0.240. The number of carbonyl (C=O) groups is 2. The Kier molecular flexibility index (Phi) is 2.13. The molecule has 1 fully saturated rings. The van der Waals surface area contributed by atoms with Crippen LogP contribution in [-0.2, 0) is 4.79 Å². The molecule has 1 aliphatic heterocycles. The van der Waals surface area contributed by atoms with E-state index in [4.69, 9.17) is 5.14 Å². The van der Waals surface area contributed by atoms with E-state index in [1.807, 2.05) is 0 Å². The maximum Gasteiger partial charge on any atom is 0.335 e. The Labute approximate surface area is 62.2 Å². The standard InChI is InChI=1S/C4H7N3O2S/c5-10-7-3(8)1-2-6-4(7)9/h1-2,5H2,(H,6,9). The summed E-state index contributed by atoms with van der Waals surface area (Å²) in [6.07, 6.45) is 0.329. The molecular formula is C4H7N3O2S. The van der Waals surface area contributed by atoms with Crippen LogP contribution in [0.15, 0.2) is 0 Å². The fourth-order valence-corrected chi connectivity index (χ4v) is 1.04. The predicted octanol–water partition coefficient (Wildman–Crippen LogP) is -0.550. The molecule has 0 aromatic carbocycles. The fourth-order valence-electron chi connectivity index (χ4n) is 0.670. The van der Waals surface area contributed by atoms with Gasteiger partial charge in [-0.1, -0.05) is 0 Å². The summed E-state index contributed by atoms with van der Waals surface area (Å²) >= 11 is 0.634. The Morgan fingerprint density at radius 3 is 2.70 bits per heavy atom. The lowest BCUT2D eigenvalue weighted by Crippen LogP contribution is -2.46. The summed E-state index contributed by atoms with van der Waals surface area (Å²) in [5, 5.41) is 7.52. The second-order valence-electron chi connectivity index (χ2n) is 1.78. The zero-order valence-electron chi connectivity index (χ0n) is 5.16. The molecule has 0 aromatic heterocycles. The summed E-state index contributed by atoms with van der Waals surface area (Å²) in [6.45, 7) is 0.411. The van der Waals surface area contributed by atoms with Crippen LogP contribution in [-0.4, -0.2) is 22.8 Å². The summed E-state index contributed by atoms with van der Waals surface area (Å²) in [5.41, 5.74) is 0. The zero-order chi connectivity index (χ0) is 7.56. The number of amides is 3. The molecule has 0 unspecified atom stereocenters. The van der Waals surface area contributed by atoms with Gasteiger partial charge in [0.05, 0.1) is 0 Å². The molecule has 6 heteroatoms.